The topological polar surface area (TPSA) is 79.8 Å². The highest BCUT2D eigenvalue weighted by Crippen LogP contribution is 2.15. The Labute approximate surface area is 184 Å². The van der Waals surface area contributed by atoms with Gasteiger partial charge in [0.25, 0.3) is 0 Å². The summed E-state index contributed by atoms with van der Waals surface area (Å²) in [5, 5.41) is 6.51. The summed E-state index contributed by atoms with van der Waals surface area (Å²) in [6, 6.07) is 16.7. The van der Waals surface area contributed by atoms with Crippen LogP contribution in [0.1, 0.15) is 18.4 Å². The van der Waals surface area contributed by atoms with E-state index in [1.54, 1.807) is 31.3 Å². The molecule has 8 heteroatoms. The van der Waals surface area contributed by atoms with Crippen LogP contribution in [0.25, 0.3) is 0 Å². The Bertz CT molecular complexity index is 841. The van der Waals surface area contributed by atoms with Crippen molar-refractivity contribution in [3.63, 3.8) is 0 Å². The third-order valence-electron chi connectivity index (χ3n) is 4.08. The second-order valence-corrected chi connectivity index (χ2v) is 8.30. The monoisotopic (exact) mass is 517 g/mol. The van der Waals surface area contributed by atoms with Gasteiger partial charge in [-0.2, -0.15) is 0 Å². The number of halogens is 1. The van der Waals surface area contributed by atoms with E-state index in [0.29, 0.717) is 30.8 Å². The first-order valence-corrected chi connectivity index (χ1v) is 10.7. The van der Waals surface area contributed by atoms with Gasteiger partial charge in [0, 0.05) is 19.8 Å². The fourth-order valence-electron chi connectivity index (χ4n) is 2.49. The van der Waals surface area contributed by atoms with Gasteiger partial charge >= 0.3 is 0 Å². The molecule has 0 saturated carbocycles. The summed E-state index contributed by atoms with van der Waals surface area (Å²) in [6.07, 6.45) is 1.18. The minimum atomic E-state index is -3.18. The minimum absolute atomic E-state index is 0. The van der Waals surface area contributed by atoms with Crippen LogP contribution >= 0.6 is 24.0 Å². The summed E-state index contributed by atoms with van der Waals surface area (Å²) in [4.78, 5) is 4.49. The summed E-state index contributed by atoms with van der Waals surface area (Å²) in [6.45, 7) is 3.96. The van der Waals surface area contributed by atoms with E-state index in [2.05, 4.69) is 34.7 Å². The second-order valence-electron chi connectivity index (χ2n) is 6.28. The molecule has 0 aliphatic carbocycles. The number of ether oxygens (including phenoxy) is 1. The van der Waals surface area contributed by atoms with Gasteiger partial charge in [0.15, 0.2) is 15.8 Å². The number of hydrogen-bond acceptors (Lipinski definition) is 4. The van der Waals surface area contributed by atoms with Gasteiger partial charge in [-0.05, 0) is 35.7 Å². The fourth-order valence-corrected chi connectivity index (χ4v) is 3.12. The number of nitrogens with zero attached hydrogens (tertiary/aromatic N) is 1. The first-order chi connectivity index (χ1) is 12.9. The van der Waals surface area contributed by atoms with Crippen LogP contribution in [-0.2, 0) is 9.84 Å². The van der Waals surface area contributed by atoms with Crippen LogP contribution in [0.3, 0.4) is 0 Å². The highest BCUT2D eigenvalue weighted by atomic mass is 127. The molecule has 0 heterocycles. The van der Waals surface area contributed by atoms with Crippen molar-refractivity contribution in [1.29, 1.82) is 0 Å². The van der Waals surface area contributed by atoms with Gasteiger partial charge in [-0.1, -0.05) is 37.3 Å². The van der Waals surface area contributed by atoms with E-state index in [4.69, 9.17) is 4.74 Å². The molecular formula is C20H28IN3O3S. The van der Waals surface area contributed by atoms with Crippen molar-refractivity contribution >= 4 is 39.8 Å². The summed E-state index contributed by atoms with van der Waals surface area (Å²) in [5.41, 5.74) is 1.28. The molecule has 0 aliphatic rings. The molecular weight excluding hydrogens is 489 g/mol. The van der Waals surface area contributed by atoms with Crippen LogP contribution in [0.15, 0.2) is 64.5 Å². The van der Waals surface area contributed by atoms with Crippen LogP contribution in [0.2, 0.25) is 0 Å². The molecule has 0 aliphatic heterocycles. The smallest absolute Gasteiger partial charge is 0.191 e. The van der Waals surface area contributed by atoms with Gasteiger partial charge in [0.05, 0.1) is 11.4 Å². The first-order valence-electron chi connectivity index (χ1n) is 8.82. The van der Waals surface area contributed by atoms with Crippen LogP contribution in [0.5, 0.6) is 5.75 Å². The highest BCUT2D eigenvalue weighted by molar-refractivity contribution is 14.0. The molecule has 2 aromatic carbocycles. The number of benzene rings is 2. The molecule has 1 unspecified atom stereocenters. The molecule has 0 spiro atoms. The van der Waals surface area contributed by atoms with Gasteiger partial charge in [-0.3, -0.25) is 4.99 Å². The Morgan fingerprint density at radius 1 is 1.07 bits per heavy atom. The Balaban J connectivity index is 0.00000392. The molecule has 6 nitrogen and oxygen atoms in total. The number of nitrogens with one attached hydrogen (secondary N) is 2. The van der Waals surface area contributed by atoms with Crippen molar-refractivity contribution in [2.24, 2.45) is 4.99 Å². The van der Waals surface area contributed by atoms with Gasteiger partial charge < -0.3 is 15.4 Å². The zero-order chi connectivity index (χ0) is 19.7. The van der Waals surface area contributed by atoms with Gasteiger partial charge in [-0.25, -0.2) is 8.42 Å². The number of sulfone groups is 1. The van der Waals surface area contributed by atoms with Crippen LogP contribution in [0.4, 0.5) is 0 Å². The Kier molecular flexibility index (Phi) is 10.3. The maximum absolute atomic E-state index is 11.4. The average molecular weight is 517 g/mol. The Morgan fingerprint density at radius 3 is 2.29 bits per heavy atom. The molecule has 2 rings (SSSR count). The molecule has 0 fully saturated rings. The lowest BCUT2D eigenvalue weighted by molar-refractivity contribution is 0.321. The van der Waals surface area contributed by atoms with Crippen molar-refractivity contribution in [3.8, 4) is 5.75 Å². The van der Waals surface area contributed by atoms with Crippen molar-refractivity contribution < 1.29 is 13.2 Å². The van der Waals surface area contributed by atoms with E-state index >= 15 is 0 Å². The number of guanidine groups is 1. The molecule has 0 amide bonds. The predicted octanol–water partition coefficient (Wildman–Crippen LogP) is 3.06. The van der Waals surface area contributed by atoms with Crippen LogP contribution < -0.4 is 15.4 Å². The molecule has 0 saturated heterocycles. The zero-order valence-electron chi connectivity index (χ0n) is 16.4. The molecule has 28 heavy (non-hydrogen) atoms. The largest absolute Gasteiger partial charge is 0.492 e. The Hall–Kier alpha value is -1.81. The molecule has 154 valence electrons. The van der Waals surface area contributed by atoms with E-state index in [1.807, 2.05) is 18.2 Å². The van der Waals surface area contributed by atoms with Crippen molar-refractivity contribution in [2.75, 3.05) is 33.0 Å². The molecule has 0 aromatic heterocycles. The Morgan fingerprint density at radius 2 is 1.71 bits per heavy atom. The average Bonchev–Trinajstić information content (AvgIpc) is 2.67. The van der Waals surface area contributed by atoms with Gasteiger partial charge in [0.2, 0.25) is 0 Å². The van der Waals surface area contributed by atoms with Crippen LogP contribution in [0, 0.1) is 0 Å². The number of rotatable bonds is 8. The molecule has 2 N–H and O–H groups in total. The first kappa shape index (κ1) is 24.2. The second kappa shape index (κ2) is 11.9. The normalized spacial score (nSPS) is 12.6. The van der Waals surface area contributed by atoms with Crippen molar-refractivity contribution in [2.45, 2.75) is 17.7 Å². The maximum atomic E-state index is 11.4. The van der Waals surface area contributed by atoms with Gasteiger partial charge in [-0.15, -0.1) is 24.0 Å². The van der Waals surface area contributed by atoms with Crippen LogP contribution in [-0.4, -0.2) is 47.4 Å². The lowest BCUT2D eigenvalue weighted by Crippen LogP contribution is -2.40. The fraction of sp³-hybridized carbons (Fsp3) is 0.350. The maximum Gasteiger partial charge on any atom is 0.191 e. The lowest BCUT2D eigenvalue weighted by atomic mass is 10.0. The molecule has 1 atom stereocenters. The zero-order valence-corrected chi connectivity index (χ0v) is 19.5. The summed E-state index contributed by atoms with van der Waals surface area (Å²) >= 11 is 0. The highest BCUT2D eigenvalue weighted by Gasteiger charge is 2.07. The van der Waals surface area contributed by atoms with Crippen molar-refractivity contribution in [3.05, 3.63) is 60.2 Å². The quantitative estimate of drug-likeness (QED) is 0.244. The third kappa shape index (κ3) is 8.05. The minimum Gasteiger partial charge on any atom is -0.492 e. The molecule has 0 bridgehead atoms. The predicted molar refractivity (Wildman–Crippen MR) is 125 cm³/mol. The van der Waals surface area contributed by atoms with E-state index in [1.165, 1.54) is 11.8 Å². The number of aliphatic imine (C=N–C) groups is 1. The molecule has 0 radical (unpaired) electrons. The summed E-state index contributed by atoms with van der Waals surface area (Å²) < 4.78 is 28.5. The van der Waals surface area contributed by atoms with E-state index < -0.39 is 9.84 Å². The van der Waals surface area contributed by atoms with E-state index in [0.717, 1.165) is 6.54 Å². The van der Waals surface area contributed by atoms with E-state index in [-0.39, 0.29) is 28.9 Å². The molecule has 2 aromatic rings. The van der Waals surface area contributed by atoms with Gasteiger partial charge in [0.1, 0.15) is 12.4 Å². The summed E-state index contributed by atoms with van der Waals surface area (Å²) in [5.74, 6) is 1.72. The summed E-state index contributed by atoms with van der Waals surface area (Å²) in [7, 11) is -1.46. The van der Waals surface area contributed by atoms with Crippen molar-refractivity contribution in [1.82, 2.24) is 10.6 Å². The standard InChI is InChI=1S/C20H27N3O3S.HI/c1-16(17-7-5-4-6-8-17)15-23-20(21-2)22-13-14-26-18-9-11-19(12-10-18)27(3,24)25;/h4-12,16H,13-15H2,1-3H3,(H2,21,22,23);1H. The lowest BCUT2D eigenvalue weighted by Gasteiger charge is -2.16. The third-order valence-corrected chi connectivity index (χ3v) is 5.21. The number of hydrogen-bond donors (Lipinski definition) is 2. The van der Waals surface area contributed by atoms with E-state index in [9.17, 15) is 8.42 Å². The SMILES string of the molecule is CN=C(NCCOc1ccc(S(C)(=O)=O)cc1)NCC(C)c1ccccc1.I.